The number of hydrogen-bond donors (Lipinski definition) is 1. The number of imidazole rings is 1. The van der Waals surface area contributed by atoms with Gasteiger partial charge in [0.1, 0.15) is 17.9 Å². The van der Waals surface area contributed by atoms with E-state index >= 15 is 0 Å². The molecule has 3 aromatic heterocycles. The molecule has 1 N–H and O–H groups in total. The van der Waals surface area contributed by atoms with Crippen LogP contribution < -0.4 is 10.2 Å². The number of aromatic nitrogens is 6. The summed E-state index contributed by atoms with van der Waals surface area (Å²) in [5.41, 5.74) is 2.47. The summed E-state index contributed by atoms with van der Waals surface area (Å²) >= 11 is 0. The van der Waals surface area contributed by atoms with Crippen LogP contribution in [0.5, 0.6) is 0 Å². The molecule has 35 heavy (non-hydrogen) atoms. The zero-order valence-electron chi connectivity index (χ0n) is 20.0. The van der Waals surface area contributed by atoms with E-state index in [1.807, 2.05) is 28.8 Å². The Bertz CT molecular complexity index is 1210. The fourth-order valence-electron chi connectivity index (χ4n) is 7.52. The normalized spacial score (nSPS) is 29.7. The van der Waals surface area contributed by atoms with Crippen molar-refractivity contribution in [3.63, 3.8) is 0 Å². The molecule has 10 heteroatoms. The Balaban J connectivity index is 1.06. The second-order valence-electron chi connectivity index (χ2n) is 11.2. The summed E-state index contributed by atoms with van der Waals surface area (Å²) in [6.45, 7) is 4.07. The summed E-state index contributed by atoms with van der Waals surface area (Å²) < 4.78 is 7.27. The van der Waals surface area contributed by atoms with Gasteiger partial charge in [-0.2, -0.15) is 4.80 Å². The number of carbonyl (C=O) groups excluding carboxylic acids is 1. The zero-order chi connectivity index (χ0) is 23.4. The van der Waals surface area contributed by atoms with Crippen molar-refractivity contribution in [1.82, 2.24) is 34.9 Å². The summed E-state index contributed by atoms with van der Waals surface area (Å²) in [6, 6.07) is 5.70. The Morgan fingerprint density at radius 1 is 1.09 bits per heavy atom. The minimum atomic E-state index is -0.0243. The molecule has 0 atom stereocenters. The molecule has 5 aliphatic rings. The molecule has 1 saturated heterocycles. The van der Waals surface area contributed by atoms with Crippen LogP contribution in [0.3, 0.4) is 0 Å². The van der Waals surface area contributed by atoms with Crippen LogP contribution in [-0.4, -0.2) is 68.3 Å². The van der Waals surface area contributed by atoms with Crippen LogP contribution in [0.25, 0.3) is 5.65 Å². The molecule has 4 heterocycles. The molecule has 0 radical (unpaired) electrons. The number of nitrogens with one attached hydrogen (secondary N) is 1. The maximum Gasteiger partial charge on any atom is 0.268 e. The quantitative estimate of drug-likeness (QED) is 0.582. The van der Waals surface area contributed by atoms with Gasteiger partial charge in [-0.05, 0) is 79.0 Å². The van der Waals surface area contributed by atoms with Crippen molar-refractivity contribution in [2.75, 3.05) is 37.7 Å². The average molecular weight is 477 g/mol. The van der Waals surface area contributed by atoms with Crippen molar-refractivity contribution in [2.45, 2.75) is 45.1 Å². The number of hydrogen-bond acceptors (Lipinski definition) is 7. The van der Waals surface area contributed by atoms with Crippen LogP contribution in [0, 0.1) is 23.2 Å². The number of tetrazole rings is 1. The molecule has 1 aliphatic heterocycles. The second-order valence-corrected chi connectivity index (χ2v) is 11.2. The lowest BCUT2D eigenvalue weighted by molar-refractivity contribution is -0.0503. The minimum absolute atomic E-state index is 0.0243. The number of rotatable bonds is 6. The van der Waals surface area contributed by atoms with E-state index in [0.717, 1.165) is 48.7 Å². The van der Waals surface area contributed by atoms with E-state index in [-0.39, 0.29) is 5.91 Å². The molecule has 8 rings (SSSR count). The van der Waals surface area contributed by atoms with Crippen molar-refractivity contribution in [2.24, 2.45) is 23.2 Å². The lowest BCUT2D eigenvalue weighted by atomic mass is 9.49. The maximum atomic E-state index is 13.3. The van der Waals surface area contributed by atoms with Crippen molar-refractivity contribution < 1.29 is 9.53 Å². The maximum absolute atomic E-state index is 13.3. The molecule has 4 saturated carbocycles. The van der Waals surface area contributed by atoms with Crippen LogP contribution >= 0.6 is 0 Å². The average Bonchev–Trinajstić information content (AvgIpc) is 3.49. The molecule has 4 aliphatic carbocycles. The first-order valence-corrected chi connectivity index (χ1v) is 13.0. The third-order valence-electron chi connectivity index (χ3n) is 8.60. The van der Waals surface area contributed by atoms with Gasteiger partial charge in [-0.15, -0.1) is 5.10 Å². The Morgan fingerprint density at radius 3 is 2.57 bits per heavy atom. The lowest BCUT2D eigenvalue weighted by Crippen LogP contribution is -2.51. The first kappa shape index (κ1) is 21.3. The van der Waals surface area contributed by atoms with E-state index in [4.69, 9.17) is 9.72 Å². The first-order valence-electron chi connectivity index (χ1n) is 13.0. The predicted octanol–water partition coefficient (Wildman–Crippen LogP) is 2.15. The van der Waals surface area contributed by atoms with Crippen LogP contribution in [0.2, 0.25) is 0 Å². The van der Waals surface area contributed by atoms with Crippen molar-refractivity contribution >= 4 is 17.5 Å². The smallest absolute Gasteiger partial charge is 0.268 e. The van der Waals surface area contributed by atoms with Crippen LogP contribution in [0.15, 0.2) is 24.4 Å². The summed E-state index contributed by atoms with van der Waals surface area (Å²) in [4.78, 5) is 21.6. The third-order valence-corrected chi connectivity index (χ3v) is 8.60. The Hall–Kier alpha value is -3.01. The highest BCUT2D eigenvalue weighted by Crippen LogP contribution is 2.59. The highest BCUT2D eigenvalue weighted by atomic mass is 16.5. The van der Waals surface area contributed by atoms with E-state index < -0.39 is 0 Å². The highest BCUT2D eigenvalue weighted by molar-refractivity contribution is 5.93. The summed E-state index contributed by atoms with van der Waals surface area (Å²) in [7, 11) is 0. The van der Waals surface area contributed by atoms with Crippen LogP contribution in [0.1, 0.15) is 54.7 Å². The third kappa shape index (κ3) is 3.97. The molecule has 10 nitrogen and oxygen atoms in total. The predicted molar refractivity (Wildman–Crippen MR) is 128 cm³/mol. The Morgan fingerprint density at radius 2 is 1.83 bits per heavy atom. The second kappa shape index (κ2) is 8.29. The van der Waals surface area contributed by atoms with Gasteiger partial charge in [-0.1, -0.05) is 11.2 Å². The molecular weight excluding hydrogens is 444 g/mol. The largest absolute Gasteiger partial charge is 0.378 e. The van der Waals surface area contributed by atoms with E-state index in [0.29, 0.717) is 36.8 Å². The van der Waals surface area contributed by atoms with Gasteiger partial charge in [0.15, 0.2) is 0 Å². The number of fused-ring (bicyclic) bond motifs is 1. The molecule has 1 amide bonds. The van der Waals surface area contributed by atoms with Gasteiger partial charge < -0.3 is 15.0 Å². The van der Waals surface area contributed by atoms with Crippen LogP contribution in [0.4, 0.5) is 5.95 Å². The van der Waals surface area contributed by atoms with Gasteiger partial charge in [0.25, 0.3) is 11.9 Å². The molecule has 3 aromatic rings. The molecule has 0 aromatic carbocycles. The standard InChI is InChI=1S/C25H32N8O2/c34-23(26-16-25-11-17-8-18(12-25)10-19(9-17)13-25)21-2-1-3-22-27-20(14-32(21)22)15-33-29-24(28-30-33)31-4-6-35-7-5-31/h1-3,14,17-19H,4-13,15-16H2,(H,26,34). The van der Waals surface area contributed by atoms with Gasteiger partial charge in [0.05, 0.1) is 18.9 Å². The molecule has 4 bridgehead atoms. The Kier molecular flexibility index (Phi) is 5.04. The summed E-state index contributed by atoms with van der Waals surface area (Å²) in [5, 5.41) is 16.2. The number of morpholine rings is 1. The Labute approximate surface area is 204 Å². The molecule has 5 fully saturated rings. The van der Waals surface area contributed by atoms with E-state index in [1.165, 1.54) is 38.5 Å². The van der Waals surface area contributed by atoms with E-state index in [1.54, 1.807) is 4.80 Å². The molecule has 0 unspecified atom stereocenters. The summed E-state index contributed by atoms with van der Waals surface area (Å²) in [5.74, 6) is 3.23. The van der Waals surface area contributed by atoms with Crippen molar-refractivity contribution in [3.05, 3.63) is 35.8 Å². The summed E-state index contributed by atoms with van der Waals surface area (Å²) in [6.07, 6.45) is 10.0. The molecule has 184 valence electrons. The lowest BCUT2D eigenvalue weighted by Gasteiger charge is -2.56. The highest BCUT2D eigenvalue weighted by Gasteiger charge is 2.50. The molecule has 0 spiro atoms. The van der Waals surface area contributed by atoms with Gasteiger partial charge in [-0.3, -0.25) is 9.20 Å². The van der Waals surface area contributed by atoms with Gasteiger partial charge in [0.2, 0.25) is 0 Å². The SMILES string of the molecule is O=C(NCC12CC3CC(CC(C3)C1)C2)c1cccc2nc(Cn3nnc(N4CCOCC4)n3)cn12. The van der Waals surface area contributed by atoms with Crippen molar-refractivity contribution in [1.29, 1.82) is 0 Å². The van der Waals surface area contributed by atoms with Gasteiger partial charge >= 0.3 is 0 Å². The monoisotopic (exact) mass is 476 g/mol. The number of carbonyl (C=O) groups is 1. The number of nitrogens with zero attached hydrogens (tertiary/aromatic N) is 7. The van der Waals surface area contributed by atoms with Crippen molar-refractivity contribution in [3.8, 4) is 0 Å². The number of anilines is 1. The number of pyridine rings is 1. The van der Waals surface area contributed by atoms with Gasteiger partial charge in [0, 0.05) is 25.8 Å². The first-order chi connectivity index (χ1) is 17.1. The fourth-order valence-corrected chi connectivity index (χ4v) is 7.52. The fraction of sp³-hybridized carbons (Fsp3) is 0.640. The topological polar surface area (TPSA) is 102 Å². The number of amides is 1. The zero-order valence-corrected chi connectivity index (χ0v) is 20.0. The van der Waals surface area contributed by atoms with E-state index in [2.05, 4.69) is 25.6 Å². The minimum Gasteiger partial charge on any atom is -0.378 e. The van der Waals surface area contributed by atoms with Crippen LogP contribution in [-0.2, 0) is 11.3 Å². The number of ether oxygens (including phenoxy) is 1. The molecular formula is C25H32N8O2. The van der Waals surface area contributed by atoms with Gasteiger partial charge in [-0.25, -0.2) is 4.98 Å². The van der Waals surface area contributed by atoms with E-state index in [9.17, 15) is 4.79 Å².